The van der Waals surface area contributed by atoms with E-state index in [0.717, 1.165) is 18.8 Å². The quantitative estimate of drug-likeness (QED) is 0.940. The van der Waals surface area contributed by atoms with E-state index in [0.29, 0.717) is 0 Å². The third-order valence-electron chi connectivity index (χ3n) is 1.64. The van der Waals surface area contributed by atoms with E-state index in [1.54, 1.807) is 11.3 Å². The SMILES string of the molecule is Brc1ccc(CNCc2csnn2)s1. The van der Waals surface area contributed by atoms with Crippen molar-refractivity contribution in [3.63, 3.8) is 0 Å². The molecule has 0 atom stereocenters. The summed E-state index contributed by atoms with van der Waals surface area (Å²) in [6.45, 7) is 1.67. The van der Waals surface area contributed by atoms with Gasteiger partial charge in [0, 0.05) is 23.3 Å². The maximum absolute atomic E-state index is 3.95. The molecule has 0 saturated carbocycles. The normalized spacial score (nSPS) is 10.6. The molecule has 3 nitrogen and oxygen atoms in total. The Morgan fingerprint density at radius 2 is 2.29 bits per heavy atom. The van der Waals surface area contributed by atoms with Gasteiger partial charge in [0.15, 0.2) is 0 Å². The maximum Gasteiger partial charge on any atom is 0.0893 e. The first-order valence-electron chi connectivity index (χ1n) is 4.05. The van der Waals surface area contributed by atoms with Gasteiger partial charge in [-0.05, 0) is 39.6 Å². The highest BCUT2D eigenvalue weighted by Crippen LogP contribution is 2.21. The number of hydrogen-bond acceptors (Lipinski definition) is 5. The molecular weight excluding hydrogens is 282 g/mol. The second-order valence-corrected chi connectivity index (χ2v) is 5.86. The predicted octanol–water partition coefficient (Wildman–Crippen LogP) is 2.65. The van der Waals surface area contributed by atoms with Crippen LogP contribution in [0.25, 0.3) is 0 Å². The van der Waals surface area contributed by atoms with Crippen molar-refractivity contribution in [2.45, 2.75) is 13.1 Å². The maximum atomic E-state index is 3.95. The molecule has 0 aliphatic rings. The van der Waals surface area contributed by atoms with E-state index in [1.165, 1.54) is 20.2 Å². The van der Waals surface area contributed by atoms with Crippen LogP contribution in [0.15, 0.2) is 21.3 Å². The lowest BCUT2D eigenvalue weighted by Crippen LogP contribution is -2.11. The Kier molecular flexibility index (Phi) is 3.63. The van der Waals surface area contributed by atoms with Crippen LogP contribution in [0.1, 0.15) is 10.6 Å². The lowest BCUT2D eigenvalue weighted by Gasteiger charge is -1.98. The summed E-state index contributed by atoms with van der Waals surface area (Å²) < 4.78 is 4.97. The Hall–Kier alpha value is -0.300. The molecule has 0 fully saturated rings. The van der Waals surface area contributed by atoms with E-state index in [9.17, 15) is 0 Å². The number of thiophene rings is 1. The lowest BCUT2D eigenvalue weighted by atomic mass is 10.4. The van der Waals surface area contributed by atoms with Gasteiger partial charge in [-0.25, -0.2) is 0 Å². The molecule has 0 radical (unpaired) electrons. The monoisotopic (exact) mass is 289 g/mol. The van der Waals surface area contributed by atoms with Gasteiger partial charge in [-0.1, -0.05) is 4.49 Å². The molecule has 0 aliphatic heterocycles. The molecule has 0 spiro atoms. The van der Waals surface area contributed by atoms with Crippen molar-refractivity contribution in [1.82, 2.24) is 14.9 Å². The summed E-state index contributed by atoms with van der Waals surface area (Å²) >= 11 is 6.56. The summed E-state index contributed by atoms with van der Waals surface area (Å²) in [5.74, 6) is 0. The van der Waals surface area contributed by atoms with E-state index in [4.69, 9.17) is 0 Å². The van der Waals surface area contributed by atoms with Crippen molar-refractivity contribution in [1.29, 1.82) is 0 Å². The fourth-order valence-corrected chi connectivity index (χ4v) is 2.93. The summed E-state index contributed by atoms with van der Waals surface area (Å²) in [4.78, 5) is 1.32. The van der Waals surface area contributed by atoms with Crippen LogP contribution in [0, 0.1) is 0 Å². The largest absolute Gasteiger partial charge is 0.306 e. The van der Waals surface area contributed by atoms with E-state index in [2.05, 4.69) is 43.0 Å². The summed E-state index contributed by atoms with van der Waals surface area (Å²) in [7, 11) is 0. The molecule has 74 valence electrons. The van der Waals surface area contributed by atoms with Crippen molar-refractivity contribution < 1.29 is 0 Å². The van der Waals surface area contributed by atoms with E-state index in [1.807, 2.05) is 5.38 Å². The molecule has 2 aromatic heterocycles. The Labute approximate surface area is 98.5 Å². The number of aromatic nitrogens is 2. The van der Waals surface area contributed by atoms with Gasteiger partial charge in [-0.3, -0.25) is 0 Å². The summed E-state index contributed by atoms with van der Waals surface area (Å²) in [5, 5.41) is 9.22. The van der Waals surface area contributed by atoms with Crippen LogP contribution in [-0.4, -0.2) is 9.59 Å². The molecular formula is C8H8BrN3S2. The highest BCUT2D eigenvalue weighted by molar-refractivity contribution is 9.11. The molecule has 0 unspecified atom stereocenters. The van der Waals surface area contributed by atoms with Crippen LogP contribution >= 0.6 is 38.8 Å². The first-order chi connectivity index (χ1) is 6.84. The van der Waals surface area contributed by atoms with Gasteiger partial charge in [0.05, 0.1) is 9.48 Å². The fraction of sp³-hybridized carbons (Fsp3) is 0.250. The van der Waals surface area contributed by atoms with E-state index >= 15 is 0 Å². The molecule has 2 aromatic rings. The van der Waals surface area contributed by atoms with Crippen LogP contribution < -0.4 is 5.32 Å². The zero-order valence-electron chi connectivity index (χ0n) is 7.24. The minimum Gasteiger partial charge on any atom is -0.306 e. The Balaban J connectivity index is 1.78. The Morgan fingerprint density at radius 3 is 2.93 bits per heavy atom. The third kappa shape index (κ3) is 2.84. The van der Waals surface area contributed by atoms with Crippen LogP contribution in [0.3, 0.4) is 0 Å². The smallest absolute Gasteiger partial charge is 0.0893 e. The van der Waals surface area contributed by atoms with Crippen molar-refractivity contribution in [2.75, 3.05) is 0 Å². The lowest BCUT2D eigenvalue weighted by molar-refractivity contribution is 0.684. The van der Waals surface area contributed by atoms with Gasteiger partial charge in [-0.15, -0.1) is 16.4 Å². The van der Waals surface area contributed by atoms with Gasteiger partial charge in [0.25, 0.3) is 0 Å². The summed E-state index contributed by atoms with van der Waals surface area (Å²) in [6.07, 6.45) is 0. The molecule has 6 heteroatoms. The zero-order chi connectivity index (χ0) is 9.80. The summed E-state index contributed by atoms with van der Waals surface area (Å²) in [6, 6.07) is 4.17. The number of halogens is 1. The molecule has 0 aliphatic carbocycles. The summed E-state index contributed by atoms with van der Waals surface area (Å²) in [5.41, 5.74) is 1.01. The van der Waals surface area contributed by atoms with E-state index in [-0.39, 0.29) is 0 Å². The van der Waals surface area contributed by atoms with Gasteiger partial charge in [0.2, 0.25) is 0 Å². The minimum absolute atomic E-state index is 0.784. The zero-order valence-corrected chi connectivity index (χ0v) is 10.5. The number of hydrogen-bond donors (Lipinski definition) is 1. The fourth-order valence-electron chi connectivity index (χ4n) is 1.02. The average molecular weight is 290 g/mol. The van der Waals surface area contributed by atoms with Crippen LogP contribution in [0.4, 0.5) is 0 Å². The van der Waals surface area contributed by atoms with Crippen molar-refractivity contribution in [3.05, 3.63) is 31.9 Å². The highest BCUT2D eigenvalue weighted by atomic mass is 79.9. The van der Waals surface area contributed by atoms with Gasteiger partial charge >= 0.3 is 0 Å². The van der Waals surface area contributed by atoms with Crippen molar-refractivity contribution in [3.8, 4) is 0 Å². The number of nitrogens with one attached hydrogen (secondary N) is 1. The molecule has 2 heterocycles. The predicted molar refractivity (Wildman–Crippen MR) is 62.5 cm³/mol. The Morgan fingerprint density at radius 1 is 1.36 bits per heavy atom. The van der Waals surface area contributed by atoms with Crippen molar-refractivity contribution >= 4 is 38.8 Å². The first kappa shape index (κ1) is 10.2. The molecule has 14 heavy (non-hydrogen) atoms. The third-order valence-corrected chi connectivity index (χ3v) is 3.82. The molecule has 1 N–H and O–H groups in total. The Bertz CT molecular complexity index is 385. The van der Waals surface area contributed by atoms with Crippen LogP contribution in [0.2, 0.25) is 0 Å². The topological polar surface area (TPSA) is 37.8 Å². The number of rotatable bonds is 4. The molecule has 0 bridgehead atoms. The van der Waals surface area contributed by atoms with Crippen LogP contribution in [0.5, 0.6) is 0 Å². The average Bonchev–Trinajstić information content (AvgIpc) is 2.77. The number of nitrogens with zero attached hydrogens (tertiary/aromatic N) is 2. The second-order valence-electron chi connectivity index (χ2n) is 2.71. The standard InChI is InChI=1S/C8H8BrN3S2/c9-8-2-1-7(14-8)4-10-3-6-5-13-12-11-6/h1-2,5,10H,3-4H2. The van der Waals surface area contributed by atoms with E-state index < -0.39 is 0 Å². The molecule has 0 aromatic carbocycles. The first-order valence-corrected chi connectivity index (χ1v) is 6.50. The molecule has 0 saturated heterocycles. The second kappa shape index (κ2) is 4.97. The molecule has 0 amide bonds. The van der Waals surface area contributed by atoms with Gasteiger partial charge < -0.3 is 5.32 Å². The van der Waals surface area contributed by atoms with Gasteiger partial charge in [0.1, 0.15) is 0 Å². The van der Waals surface area contributed by atoms with Crippen molar-refractivity contribution in [2.24, 2.45) is 0 Å². The van der Waals surface area contributed by atoms with Gasteiger partial charge in [-0.2, -0.15) is 0 Å². The molecule has 2 rings (SSSR count). The minimum atomic E-state index is 0.784. The van der Waals surface area contributed by atoms with Crippen LogP contribution in [-0.2, 0) is 13.1 Å². The highest BCUT2D eigenvalue weighted by Gasteiger charge is 1.98.